The molecule has 29 heavy (non-hydrogen) atoms. The molecule has 0 aliphatic carbocycles. The second kappa shape index (κ2) is 7.33. The maximum absolute atomic E-state index is 13.1. The monoisotopic (exact) mass is 404 g/mol. The van der Waals surface area contributed by atoms with Gasteiger partial charge in [-0.05, 0) is 36.4 Å². The third-order valence-electron chi connectivity index (χ3n) is 5.26. The van der Waals surface area contributed by atoms with Crippen LogP contribution in [-0.2, 0) is 0 Å². The van der Waals surface area contributed by atoms with Gasteiger partial charge in [-0.3, -0.25) is 4.79 Å². The second-order valence-corrected chi connectivity index (χ2v) is 8.05. The van der Waals surface area contributed by atoms with Gasteiger partial charge >= 0.3 is 0 Å². The number of hydrogen-bond donors (Lipinski definition) is 0. The Bertz CT molecular complexity index is 1180. The van der Waals surface area contributed by atoms with E-state index < -0.39 is 0 Å². The van der Waals surface area contributed by atoms with E-state index in [2.05, 4.69) is 16.0 Å². The lowest BCUT2D eigenvalue weighted by Gasteiger charge is -2.35. The number of anilines is 1. The number of piperazine rings is 1. The summed E-state index contributed by atoms with van der Waals surface area (Å²) in [5.41, 5.74) is 0.877. The number of aromatic nitrogens is 2. The molecule has 1 aliphatic rings. The maximum Gasteiger partial charge on any atom is 0.264 e. The van der Waals surface area contributed by atoms with Crippen LogP contribution in [0.25, 0.3) is 21.1 Å². The SMILES string of the molecule is COc1ccc2cc3cc(C(=O)N4CCN(c5ccccn5)CC4)sc3nc2c1. The molecule has 0 radical (unpaired) electrons. The molecular weight excluding hydrogens is 384 g/mol. The summed E-state index contributed by atoms with van der Waals surface area (Å²) in [6.45, 7) is 2.96. The van der Waals surface area contributed by atoms with Crippen LogP contribution in [0.2, 0.25) is 0 Å². The van der Waals surface area contributed by atoms with Crippen LogP contribution >= 0.6 is 11.3 Å². The summed E-state index contributed by atoms with van der Waals surface area (Å²) >= 11 is 1.46. The van der Waals surface area contributed by atoms with E-state index in [0.717, 1.165) is 50.7 Å². The van der Waals surface area contributed by atoms with Crippen molar-refractivity contribution < 1.29 is 9.53 Å². The van der Waals surface area contributed by atoms with Crippen molar-refractivity contribution in [1.82, 2.24) is 14.9 Å². The predicted molar refractivity (Wildman–Crippen MR) is 116 cm³/mol. The Balaban J connectivity index is 1.36. The first kappa shape index (κ1) is 17.9. The van der Waals surface area contributed by atoms with Crippen molar-refractivity contribution in [3.63, 3.8) is 0 Å². The van der Waals surface area contributed by atoms with Gasteiger partial charge in [0.25, 0.3) is 5.91 Å². The zero-order chi connectivity index (χ0) is 19.8. The fraction of sp³-hybridized carbons (Fsp3) is 0.227. The standard InChI is InChI=1S/C22H20N4O2S/c1-28-17-6-5-15-12-16-13-19(29-21(16)24-18(15)14-17)22(27)26-10-8-25(9-11-26)20-4-2-3-7-23-20/h2-7,12-14H,8-11H2,1H3. The molecular formula is C22H20N4O2S. The molecule has 0 saturated carbocycles. The number of rotatable bonds is 3. The van der Waals surface area contributed by atoms with Crippen molar-refractivity contribution in [3.8, 4) is 5.75 Å². The Labute approximate surface area is 172 Å². The van der Waals surface area contributed by atoms with Gasteiger partial charge in [0, 0.05) is 49.2 Å². The van der Waals surface area contributed by atoms with Crippen LogP contribution in [0.3, 0.4) is 0 Å². The number of thiophene rings is 1. The largest absolute Gasteiger partial charge is 0.497 e. The first-order chi connectivity index (χ1) is 14.2. The number of hydrogen-bond acceptors (Lipinski definition) is 6. The molecule has 3 aromatic heterocycles. The number of amides is 1. The van der Waals surface area contributed by atoms with Gasteiger partial charge in [0.1, 0.15) is 16.4 Å². The van der Waals surface area contributed by atoms with E-state index in [1.54, 1.807) is 13.3 Å². The highest BCUT2D eigenvalue weighted by molar-refractivity contribution is 7.20. The minimum Gasteiger partial charge on any atom is -0.497 e. The van der Waals surface area contributed by atoms with Gasteiger partial charge in [0.15, 0.2) is 0 Å². The highest BCUT2D eigenvalue weighted by Crippen LogP contribution is 2.30. The first-order valence-corrected chi connectivity index (χ1v) is 10.4. The molecule has 1 amide bonds. The Hall–Kier alpha value is -3.19. The topological polar surface area (TPSA) is 58.6 Å². The van der Waals surface area contributed by atoms with Crippen molar-refractivity contribution >= 4 is 44.2 Å². The number of carbonyl (C=O) groups is 1. The smallest absolute Gasteiger partial charge is 0.264 e. The summed E-state index contributed by atoms with van der Waals surface area (Å²) in [5.74, 6) is 1.83. The van der Waals surface area contributed by atoms with E-state index >= 15 is 0 Å². The second-order valence-electron chi connectivity index (χ2n) is 7.02. The van der Waals surface area contributed by atoms with E-state index in [-0.39, 0.29) is 5.91 Å². The quantitative estimate of drug-likeness (QED) is 0.520. The minimum atomic E-state index is 0.0790. The summed E-state index contributed by atoms with van der Waals surface area (Å²) in [4.78, 5) is 28.0. The zero-order valence-electron chi connectivity index (χ0n) is 16.0. The minimum absolute atomic E-state index is 0.0790. The summed E-state index contributed by atoms with van der Waals surface area (Å²) < 4.78 is 5.29. The summed E-state index contributed by atoms with van der Waals surface area (Å²) in [5, 5.41) is 2.04. The van der Waals surface area contributed by atoms with Crippen molar-refractivity contribution in [2.24, 2.45) is 0 Å². The van der Waals surface area contributed by atoms with Gasteiger partial charge < -0.3 is 14.5 Å². The van der Waals surface area contributed by atoms with Gasteiger partial charge in [0.05, 0.1) is 17.5 Å². The van der Waals surface area contributed by atoms with E-state index in [4.69, 9.17) is 9.72 Å². The summed E-state index contributed by atoms with van der Waals surface area (Å²) in [6, 6.07) is 15.8. The molecule has 4 heterocycles. The number of nitrogens with zero attached hydrogens (tertiary/aromatic N) is 4. The van der Waals surface area contributed by atoms with Gasteiger partial charge in [-0.1, -0.05) is 6.07 Å². The normalized spacial score (nSPS) is 14.5. The highest BCUT2D eigenvalue weighted by Gasteiger charge is 2.24. The van der Waals surface area contributed by atoms with Gasteiger partial charge in [-0.15, -0.1) is 11.3 Å². The molecule has 146 valence electrons. The van der Waals surface area contributed by atoms with Crippen LogP contribution in [0, 0.1) is 0 Å². The van der Waals surface area contributed by atoms with Crippen molar-refractivity contribution in [3.05, 3.63) is 59.6 Å². The molecule has 0 unspecified atom stereocenters. The van der Waals surface area contributed by atoms with Crippen LogP contribution in [0.5, 0.6) is 5.75 Å². The fourth-order valence-corrected chi connectivity index (χ4v) is 4.66. The fourth-order valence-electron chi connectivity index (χ4n) is 3.67. The van der Waals surface area contributed by atoms with E-state index in [0.29, 0.717) is 13.1 Å². The van der Waals surface area contributed by atoms with Crippen LogP contribution < -0.4 is 9.64 Å². The van der Waals surface area contributed by atoms with Crippen LogP contribution in [0.4, 0.5) is 5.82 Å². The summed E-state index contributed by atoms with van der Waals surface area (Å²) in [7, 11) is 1.65. The molecule has 1 saturated heterocycles. The first-order valence-electron chi connectivity index (χ1n) is 9.55. The van der Waals surface area contributed by atoms with E-state index in [1.165, 1.54) is 11.3 Å². The van der Waals surface area contributed by atoms with Crippen molar-refractivity contribution in [1.29, 1.82) is 0 Å². The third kappa shape index (κ3) is 3.38. The Morgan fingerprint density at radius 3 is 2.66 bits per heavy atom. The van der Waals surface area contributed by atoms with Crippen molar-refractivity contribution in [2.45, 2.75) is 0 Å². The van der Waals surface area contributed by atoms with E-state index in [9.17, 15) is 4.79 Å². The van der Waals surface area contributed by atoms with Crippen LogP contribution in [0.15, 0.2) is 54.7 Å². The molecule has 0 N–H and O–H groups in total. The third-order valence-corrected chi connectivity index (χ3v) is 6.29. The molecule has 4 aromatic rings. The average molecular weight is 404 g/mol. The average Bonchev–Trinajstić information content (AvgIpc) is 3.20. The lowest BCUT2D eigenvalue weighted by molar-refractivity contribution is 0.0751. The number of fused-ring (bicyclic) bond motifs is 2. The van der Waals surface area contributed by atoms with Crippen molar-refractivity contribution in [2.75, 3.05) is 38.2 Å². The number of ether oxygens (including phenoxy) is 1. The van der Waals surface area contributed by atoms with E-state index in [1.807, 2.05) is 47.4 Å². The lowest BCUT2D eigenvalue weighted by atomic mass is 10.2. The molecule has 6 nitrogen and oxygen atoms in total. The Kier molecular flexibility index (Phi) is 4.52. The number of carbonyl (C=O) groups excluding carboxylic acids is 1. The zero-order valence-corrected chi connectivity index (χ0v) is 16.9. The lowest BCUT2D eigenvalue weighted by Crippen LogP contribution is -2.48. The molecule has 7 heteroatoms. The summed E-state index contributed by atoms with van der Waals surface area (Å²) in [6.07, 6.45) is 1.80. The molecule has 1 aliphatic heterocycles. The molecule has 0 bridgehead atoms. The van der Waals surface area contributed by atoms with Gasteiger partial charge in [0.2, 0.25) is 0 Å². The molecule has 0 atom stereocenters. The number of pyridine rings is 2. The highest BCUT2D eigenvalue weighted by atomic mass is 32.1. The van der Waals surface area contributed by atoms with Gasteiger partial charge in [-0.2, -0.15) is 0 Å². The van der Waals surface area contributed by atoms with Crippen LogP contribution in [0.1, 0.15) is 9.67 Å². The molecule has 0 spiro atoms. The predicted octanol–water partition coefficient (Wildman–Crippen LogP) is 3.82. The van der Waals surface area contributed by atoms with Crippen LogP contribution in [-0.4, -0.2) is 54.1 Å². The maximum atomic E-state index is 13.1. The molecule has 1 aromatic carbocycles. The number of methoxy groups -OCH3 is 1. The Morgan fingerprint density at radius 1 is 1.03 bits per heavy atom. The molecule has 1 fully saturated rings. The molecule has 5 rings (SSSR count). The Morgan fingerprint density at radius 2 is 1.90 bits per heavy atom. The van der Waals surface area contributed by atoms with Gasteiger partial charge in [-0.25, -0.2) is 9.97 Å². The number of benzene rings is 1.